The third-order valence-electron chi connectivity index (χ3n) is 6.71. The summed E-state index contributed by atoms with van der Waals surface area (Å²) in [5.41, 5.74) is 1.73. The van der Waals surface area contributed by atoms with Crippen molar-refractivity contribution in [1.29, 1.82) is 0 Å². The second-order valence-corrected chi connectivity index (χ2v) is 10.5. The minimum Gasteiger partial charge on any atom is -0.356 e. The molecule has 0 aromatic heterocycles. The van der Waals surface area contributed by atoms with Gasteiger partial charge >= 0.3 is 0 Å². The molecule has 1 aliphatic heterocycles. The monoisotopic (exact) mass is 520 g/mol. The summed E-state index contributed by atoms with van der Waals surface area (Å²) in [5, 5.41) is 5.86. The fourth-order valence-electron chi connectivity index (χ4n) is 4.66. The Kier molecular flexibility index (Phi) is 14.5. The summed E-state index contributed by atoms with van der Waals surface area (Å²) in [6.07, 6.45) is 21.8. The smallest absolute Gasteiger partial charge is 0.232 e. The molecule has 0 saturated heterocycles. The maximum absolute atomic E-state index is 12.3. The maximum Gasteiger partial charge on any atom is 0.232 e. The summed E-state index contributed by atoms with van der Waals surface area (Å²) in [5.74, 6) is -0.507. The summed E-state index contributed by atoms with van der Waals surface area (Å²) in [7, 11) is 0. The van der Waals surface area contributed by atoms with Crippen LogP contribution >= 0.6 is 15.9 Å². The molecule has 2 N–H and O–H groups in total. The van der Waals surface area contributed by atoms with E-state index in [2.05, 4.69) is 33.5 Å². The zero-order chi connectivity index (χ0) is 23.7. The molecule has 1 unspecified atom stereocenters. The number of carbonyl (C=O) groups is 2. The Hall–Kier alpha value is -1.36. The Bertz CT molecular complexity index is 707. The number of rotatable bonds is 19. The van der Waals surface area contributed by atoms with E-state index in [0.29, 0.717) is 6.54 Å². The van der Waals surface area contributed by atoms with Crippen LogP contribution in [0.25, 0.3) is 0 Å². The molecule has 1 atom stereocenters. The average Bonchev–Trinajstić information content (AvgIpc) is 3.10. The molecule has 0 bridgehead atoms. The molecule has 0 fully saturated rings. The molecule has 0 saturated carbocycles. The van der Waals surface area contributed by atoms with E-state index in [-0.39, 0.29) is 24.2 Å². The summed E-state index contributed by atoms with van der Waals surface area (Å²) in [6.45, 7) is 2.98. The van der Waals surface area contributed by atoms with Gasteiger partial charge in [0.2, 0.25) is 11.8 Å². The quantitative estimate of drug-likeness (QED) is 0.180. The van der Waals surface area contributed by atoms with Gasteiger partial charge in [-0.1, -0.05) is 119 Å². The minimum atomic E-state index is -0.386. The Balaban J connectivity index is 1.38. The topological polar surface area (TPSA) is 58.2 Å². The summed E-state index contributed by atoms with van der Waals surface area (Å²) in [4.78, 5) is 24.5. The van der Waals surface area contributed by atoms with E-state index < -0.39 is 0 Å². The van der Waals surface area contributed by atoms with E-state index in [0.717, 1.165) is 28.6 Å². The Morgan fingerprint density at radius 2 is 1.36 bits per heavy atom. The third kappa shape index (κ3) is 11.6. The largest absolute Gasteiger partial charge is 0.356 e. The molecule has 1 heterocycles. The molecule has 0 aliphatic carbocycles. The van der Waals surface area contributed by atoms with Gasteiger partial charge in [-0.25, -0.2) is 0 Å². The van der Waals surface area contributed by atoms with Crippen molar-refractivity contribution in [1.82, 2.24) is 5.32 Å². The number of fused-ring (bicyclic) bond motifs is 1. The lowest BCUT2D eigenvalue weighted by molar-refractivity contribution is -0.125. The molecule has 2 amide bonds. The molecule has 0 spiro atoms. The molecular formula is C28H45BrN2O2. The van der Waals surface area contributed by atoms with E-state index >= 15 is 0 Å². The summed E-state index contributed by atoms with van der Waals surface area (Å²) < 4.78 is 0.927. The van der Waals surface area contributed by atoms with E-state index in [1.54, 1.807) is 0 Å². The van der Waals surface area contributed by atoms with E-state index in [1.165, 1.54) is 89.9 Å². The molecule has 1 aromatic carbocycles. The third-order valence-corrected chi connectivity index (χ3v) is 7.20. The van der Waals surface area contributed by atoms with Crippen LogP contribution < -0.4 is 10.6 Å². The van der Waals surface area contributed by atoms with E-state index in [1.807, 2.05) is 18.2 Å². The van der Waals surface area contributed by atoms with Gasteiger partial charge < -0.3 is 10.6 Å². The highest BCUT2D eigenvalue weighted by molar-refractivity contribution is 9.10. The lowest BCUT2D eigenvalue weighted by Crippen LogP contribution is -2.27. The average molecular weight is 522 g/mol. The number of nitrogens with one attached hydrogen (secondary N) is 2. The predicted molar refractivity (Wildman–Crippen MR) is 143 cm³/mol. The predicted octanol–water partition coefficient (Wildman–Crippen LogP) is 8.25. The first-order chi connectivity index (χ1) is 16.1. The van der Waals surface area contributed by atoms with Gasteiger partial charge in [0.05, 0.1) is 5.92 Å². The molecule has 5 heteroatoms. The number of hydrogen-bond donors (Lipinski definition) is 2. The SMILES string of the molecule is CCCCCCCCCCCCCCCCCCNC(=O)CC1C(=O)Nc2ccc(Br)cc21. The Morgan fingerprint density at radius 3 is 1.91 bits per heavy atom. The number of halogens is 1. The van der Waals surface area contributed by atoms with Gasteiger partial charge in [-0.15, -0.1) is 0 Å². The standard InChI is InChI=1S/C28H45BrN2O2/c1-2-3-4-5-6-7-8-9-10-11-12-13-14-15-16-17-20-30-27(32)22-25-24-21-23(29)18-19-26(24)31-28(25)33/h18-19,21,25H,2-17,20,22H2,1H3,(H,30,32)(H,31,33). The fourth-order valence-corrected chi connectivity index (χ4v) is 5.04. The number of carbonyl (C=O) groups excluding carboxylic acids is 2. The van der Waals surface area contributed by atoms with Crippen LogP contribution in [0.15, 0.2) is 22.7 Å². The van der Waals surface area contributed by atoms with Crippen molar-refractivity contribution in [2.45, 2.75) is 122 Å². The van der Waals surface area contributed by atoms with Crippen molar-refractivity contribution < 1.29 is 9.59 Å². The molecule has 2 rings (SSSR count). The maximum atomic E-state index is 12.3. The lowest BCUT2D eigenvalue weighted by atomic mass is 9.97. The van der Waals surface area contributed by atoms with Crippen molar-refractivity contribution in [3.8, 4) is 0 Å². The van der Waals surface area contributed by atoms with Gasteiger partial charge in [0.25, 0.3) is 0 Å². The van der Waals surface area contributed by atoms with Gasteiger partial charge in [-0.3, -0.25) is 9.59 Å². The fraction of sp³-hybridized carbons (Fsp3) is 0.714. The van der Waals surface area contributed by atoms with E-state index in [4.69, 9.17) is 0 Å². The molecule has 4 nitrogen and oxygen atoms in total. The second kappa shape index (κ2) is 17.1. The van der Waals surface area contributed by atoms with Gasteiger partial charge in [0.1, 0.15) is 0 Å². The molecular weight excluding hydrogens is 476 g/mol. The number of anilines is 1. The van der Waals surface area contributed by atoms with Crippen molar-refractivity contribution in [3.63, 3.8) is 0 Å². The molecule has 1 aromatic rings. The Morgan fingerprint density at radius 1 is 0.848 bits per heavy atom. The van der Waals surface area contributed by atoms with Crippen molar-refractivity contribution in [3.05, 3.63) is 28.2 Å². The van der Waals surface area contributed by atoms with Gasteiger partial charge in [0, 0.05) is 23.1 Å². The number of amides is 2. The number of benzene rings is 1. The highest BCUT2D eigenvalue weighted by atomic mass is 79.9. The van der Waals surface area contributed by atoms with Crippen LogP contribution in [0.3, 0.4) is 0 Å². The molecule has 1 aliphatic rings. The Labute approximate surface area is 210 Å². The summed E-state index contributed by atoms with van der Waals surface area (Å²) >= 11 is 3.45. The van der Waals surface area contributed by atoms with Crippen LogP contribution in [-0.2, 0) is 9.59 Å². The normalized spacial score (nSPS) is 14.8. The van der Waals surface area contributed by atoms with Crippen LogP contribution in [0.1, 0.15) is 128 Å². The van der Waals surface area contributed by atoms with Gasteiger partial charge in [0.15, 0.2) is 0 Å². The first-order valence-corrected chi connectivity index (χ1v) is 14.3. The molecule has 33 heavy (non-hydrogen) atoms. The zero-order valence-electron chi connectivity index (χ0n) is 20.7. The van der Waals surface area contributed by atoms with Crippen LogP contribution in [0, 0.1) is 0 Å². The lowest BCUT2D eigenvalue weighted by Gasteiger charge is -2.10. The van der Waals surface area contributed by atoms with Crippen LogP contribution in [0.4, 0.5) is 5.69 Å². The molecule has 0 radical (unpaired) electrons. The molecule has 186 valence electrons. The van der Waals surface area contributed by atoms with Crippen LogP contribution in [0.5, 0.6) is 0 Å². The minimum absolute atomic E-state index is 0.0380. The first kappa shape index (κ1) is 27.9. The van der Waals surface area contributed by atoms with Crippen LogP contribution in [-0.4, -0.2) is 18.4 Å². The highest BCUT2D eigenvalue weighted by Gasteiger charge is 2.32. The van der Waals surface area contributed by atoms with Gasteiger partial charge in [-0.05, 0) is 30.2 Å². The number of hydrogen-bond acceptors (Lipinski definition) is 2. The number of unbranched alkanes of at least 4 members (excludes halogenated alkanes) is 15. The van der Waals surface area contributed by atoms with Crippen molar-refractivity contribution >= 4 is 33.4 Å². The highest BCUT2D eigenvalue weighted by Crippen LogP contribution is 2.36. The van der Waals surface area contributed by atoms with E-state index in [9.17, 15) is 9.59 Å². The second-order valence-electron chi connectivity index (χ2n) is 9.63. The van der Waals surface area contributed by atoms with Gasteiger partial charge in [-0.2, -0.15) is 0 Å². The first-order valence-electron chi connectivity index (χ1n) is 13.5. The van der Waals surface area contributed by atoms with Crippen molar-refractivity contribution in [2.24, 2.45) is 0 Å². The van der Waals surface area contributed by atoms with Crippen molar-refractivity contribution in [2.75, 3.05) is 11.9 Å². The van der Waals surface area contributed by atoms with Crippen LogP contribution in [0.2, 0.25) is 0 Å². The zero-order valence-corrected chi connectivity index (χ0v) is 22.3. The summed E-state index contributed by atoms with van der Waals surface area (Å²) in [6, 6.07) is 5.71.